The van der Waals surface area contributed by atoms with Gasteiger partial charge < -0.3 is 0 Å². The van der Waals surface area contributed by atoms with E-state index in [-0.39, 0.29) is 0 Å². The molecule has 2 spiro atoms. The van der Waals surface area contributed by atoms with E-state index in [1.54, 1.807) is 51.4 Å². The molecule has 0 radical (unpaired) electrons. The molecule has 3 aliphatic rings. The predicted molar refractivity (Wildman–Crippen MR) is 69.4 cm³/mol. The predicted octanol–water partition coefficient (Wildman–Crippen LogP) is 5.32. The van der Waals surface area contributed by atoms with E-state index in [0.29, 0.717) is 0 Å². The Labute approximate surface area is 101 Å². The topological polar surface area (TPSA) is 0 Å². The van der Waals surface area contributed by atoms with E-state index in [0.717, 1.165) is 16.7 Å². The van der Waals surface area contributed by atoms with E-state index in [9.17, 15) is 0 Å². The average molecular weight is 220 g/mol. The Hall–Kier alpha value is 0. The van der Waals surface area contributed by atoms with Gasteiger partial charge in [-0.2, -0.15) is 0 Å². The van der Waals surface area contributed by atoms with Crippen molar-refractivity contribution >= 4 is 0 Å². The van der Waals surface area contributed by atoms with Crippen molar-refractivity contribution in [3.8, 4) is 0 Å². The molecule has 0 N–H and O–H groups in total. The van der Waals surface area contributed by atoms with E-state index < -0.39 is 0 Å². The Morgan fingerprint density at radius 3 is 1.56 bits per heavy atom. The van der Waals surface area contributed by atoms with Crippen LogP contribution in [0.4, 0.5) is 0 Å². The van der Waals surface area contributed by atoms with Crippen LogP contribution in [0, 0.1) is 16.7 Å². The lowest BCUT2D eigenvalue weighted by Gasteiger charge is -2.48. The average Bonchev–Trinajstić information content (AvgIpc) is 2.76. The summed E-state index contributed by atoms with van der Waals surface area (Å²) in [5, 5.41) is 0. The summed E-state index contributed by atoms with van der Waals surface area (Å²) in [5.41, 5.74) is 1.66. The molecule has 16 heavy (non-hydrogen) atoms. The summed E-state index contributed by atoms with van der Waals surface area (Å²) in [4.78, 5) is 0. The SMILES string of the molecule is CC1CCC2(CC1)CCC1(CCCC1)CC2. The summed E-state index contributed by atoms with van der Waals surface area (Å²) in [6.07, 6.45) is 18.7. The summed E-state index contributed by atoms with van der Waals surface area (Å²) in [6, 6.07) is 0. The lowest BCUT2D eigenvalue weighted by atomic mass is 9.57. The molecule has 0 nitrogen and oxygen atoms in total. The minimum atomic E-state index is 0.820. The molecule has 92 valence electrons. The summed E-state index contributed by atoms with van der Waals surface area (Å²) in [5.74, 6) is 1.02. The first-order valence-corrected chi connectivity index (χ1v) is 7.72. The molecular weight excluding hydrogens is 192 g/mol. The lowest BCUT2D eigenvalue weighted by molar-refractivity contribution is 0.0378. The van der Waals surface area contributed by atoms with Gasteiger partial charge in [0.15, 0.2) is 0 Å². The molecule has 0 aromatic carbocycles. The van der Waals surface area contributed by atoms with Gasteiger partial charge in [-0.3, -0.25) is 0 Å². The molecule has 0 saturated heterocycles. The molecule has 0 aromatic heterocycles. The molecule has 3 saturated carbocycles. The zero-order valence-corrected chi connectivity index (χ0v) is 11.1. The minimum Gasteiger partial charge on any atom is -0.0625 e. The van der Waals surface area contributed by atoms with Gasteiger partial charge in [-0.1, -0.05) is 32.6 Å². The third-order valence-corrected chi connectivity index (χ3v) is 6.37. The Bertz CT molecular complexity index is 227. The van der Waals surface area contributed by atoms with Crippen LogP contribution in [0.1, 0.15) is 84.0 Å². The maximum absolute atomic E-state index is 2.45. The van der Waals surface area contributed by atoms with Gasteiger partial charge >= 0.3 is 0 Å². The molecule has 0 aliphatic heterocycles. The van der Waals surface area contributed by atoms with Crippen LogP contribution in [0.25, 0.3) is 0 Å². The van der Waals surface area contributed by atoms with E-state index in [1.165, 1.54) is 25.7 Å². The summed E-state index contributed by atoms with van der Waals surface area (Å²) in [6.45, 7) is 2.45. The van der Waals surface area contributed by atoms with E-state index in [1.807, 2.05) is 0 Å². The second-order valence-corrected chi connectivity index (χ2v) is 7.39. The first kappa shape index (κ1) is 11.1. The number of hydrogen-bond acceptors (Lipinski definition) is 0. The van der Waals surface area contributed by atoms with Gasteiger partial charge in [0, 0.05) is 0 Å². The smallest absolute Gasteiger partial charge is 0.0297 e. The van der Waals surface area contributed by atoms with Crippen LogP contribution in [0.5, 0.6) is 0 Å². The first-order chi connectivity index (χ1) is 7.72. The number of hydrogen-bond donors (Lipinski definition) is 0. The Balaban J connectivity index is 1.61. The normalized spacial score (nSPS) is 33.6. The van der Waals surface area contributed by atoms with Crippen molar-refractivity contribution in [2.45, 2.75) is 84.0 Å². The van der Waals surface area contributed by atoms with Crippen molar-refractivity contribution < 1.29 is 0 Å². The standard InChI is InChI=1S/C16H28/c1-14-4-8-16(9-5-14)12-10-15(11-13-16)6-2-3-7-15/h14H,2-13H2,1H3. The summed E-state index contributed by atoms with van der Waals surface area (Å²) < 4.78 is 0. The summed E-state index contributed by atoms with van der Waals surface area (Å²) in [7, 11) is 0. The second-order valence-electron chi connectivity index (χ2n) is 7.39. The second kappa shape index (κ2) is 4.03. The Morgan fingerprint density at radius 1 is 0.625 bits per heavy atom. The molecule has 0 bridgehead atoms. The highest BCUT2D eigenvalue weighted by Crippen LogP contribution is 2.57. The Morgan fingerprint density at radius 2 is 1.06 bits per heavy atom. The van der Waals surface area contributed by atoms with E-state index in [4.69, 9.17) is 0 Å². The molecule has 0 heteroatoms. The quantitative estimate of drug-likeness (QED) is 0.518. The van der Waals surface area contributed by atoms with Crippen LogP contribution < -0.4 is 0 Å². The summed E-state index contributed by atoms with van der Waals surface area (Å²) >= 11 is 0. The third kappa shape index (κ3) is 1.93. The van der Waals surface area contributed by atoms with Gasteiger partial charge in [-0.05, 0) is 68.1 Å². The van der Waals surface area contributed by atoms with Crippen molar-refractivity contribution in [1.29, 1.82) is 0 Å². The van der Waals surface area contributed by atoms with Gasteiger partial charge in [-0.25, -0.2) is 0 Å². The molecule has 3 aliphatic carbocycles. The van der Waals surface area contributed by atoms with Crippen molar-refractivity contribution in [2.24, 2.45) is 16.7 Å². The van der Waals surface area contributed by atoms with Crippen LogP contribution >= 0.6 is 0 Å². The van der Waals surface area contributed by atoms with Crippen LogP contribution in [-0.2, 0) is 0 Å². The van der Waals surface area contributed by atoms with Crippen LogP contribution in [0.2, 0.25) is 0 Å². The molecule has 3 fully saturated rings. The third-order valence-electron chi connectivity index (χ3n) is 6.37. The van der Waals surface area contributed by atoms with Gasteiger partial charge in [0.25, 0.3) is 0 Å². The first-order valence-electron chi connectivity index (χ1n) is 7.72. The lowest BCUT2D eigenvalue weighted by Crippen LogP contribution is -2.35. The molecular formula is C16H28. The van der Waals surface area contributed by atoms with Gasteiger partial charge in [0.1, 0.15) is 0 Å². The maximum atomic E-state index is 2.45. The number of rotatable bonds is 0. The zero-order chi connectivity index (χ0) is 11.1. The minimum absolute atomic E-state index is 0.820. The van der Waals surface area contributed by atoms with Crippen molar-refractivity contribution in [3.63, 3.8) is 0 Å². The highest BCUT2D eigenvalue weighted by molar-refractivity contribution is 4.96. The highest BCUT2D eigenvalue weighted by Gasteiger charge is 2.44. The monoisotopic (exact) mass is 220 g/mol. The van der Waals surface area contributed by atoms with E-state index >= 15 is 0 Å². The van der Waals surface area contributed by atoms with Crippen LogP contribution in [0.3, 0.4) is 0 Å². The molecule has 0 amide bonds. The van der Waals surface area contributed by atoms with Gasteiger partial charge in [0.2, 0.25) is 0 Å². The van der Waals surface area contributed by atoms with Gasteiger partial charge in [-0.15, -0.1) is 0 Å². The molecule has 0 atom stereocenters. The Kier molecular flexibility index (Phi) is 2.80. The van der Waals surface area contributed by atoms with Crippen molar-refractivity contribution in [3.05, 3.63) is 0 Å². The van der Waals surface area contributed by atoms with Gasteiger partial charge in [0.05, 0.1) is 0 Å². The maximum Gasteiger partial charge on any atom is -0.0297 e. The molecule has 0 heterocycles. The highest BCUT2D eigenvalue weighted by atomic mass is 14.5. The van der Waals surface area contributed by atoms with Crippen molar-refractivity contribution in [1.82, 2.24) is 0 Å². The molecule has 3 rings (SSSR count). The fourth-order valence-electron chi connectivity index (χ4n) is 4.81. The largest absolute Gasteiger partial charge is 0.0625 e. The van der Waals surface area contributed by atoms with E-state index in [2.05, 4.69) is 6.92 Å². The van der Waals surface area contributed by atoms with Crippen LogP contribution in [-0.4, -0.2) is 0 Å². The fraction of sp³-hybridized carbons (Fsp3) is 1.00. The van der Waals surface area contributed by atoms with Crippen molar-refractivity contribution in [2.75, 3.05) is 0 Å². The molecule has 0 unspecified atom stereocenters. The van der Waals surface area contributed by atoms with Crippen LogP contribution in [0.15, 0.2) is 0 Å². The zero-order valence-electron chi connectivity index (χ0n) is 11.1. The molecule has 0 aromatic rings. The fourth-order valence-corrected chi connectivity index (χ4v) is 4.81.